The molecule has 5 heteroatoms. The number of aromatic nitrogens is 2. The van der Waals surface area contributed by atoms with Crippen molar-refractivity contribution in [2.45, 2.75) is 0 Å². The van der Waals surface area contributed by atoms with E-state index in [1.807, 2.05) is 47.7 Å². The van der Waals surface area contributed by atoms with E-state index in [1.54, 1.807) is 6.21 Å². The van der Waals surface area contributed by atoms with Gasteiger partial charge in [-0.15, -0.1) is 0 Å². The Morgan fingerprint density at radius 2 is 2.18 bits per heavy atom. The number of nitrogens with zero attached hydrogens (tertiary/aromatic N) is 4. The Hall–Kier alpha value is -2.43. The Morgan fingerprint density at radius 1 is 1.24 bits per heavy atom. The van der Waals surface area contributed by atoms with E-state index in [9.17, 15) is 0 Å². The molecule has 0 fully saturated rings. The first-order chi connectivity index (χ1) is 8.42. The van der Waals surface area contributed by atoms with Crippen LogP contribution in [0.15, 0.2) is 47.7 Å². The number of hydrogen-bond acceptors (Lipinski definition) is 5. The van der Waals surface area contributed by atoms with Crippen molar-refractivity contribution in [1.29, 1.82) is 0 Å². The van der Waals surface area contributed by atoms with Gasteiger partial charge in [0.25, 0.3) is 0 Å². The van der Waals surface area contributed by atoms with Gasteiger partial charge in [-0.2, -0.15) is 0 Å². The van der Waals surface area contributed by atoms with Crippen LogP contribution in [-0.4, -0.2) is 27.9 Å². The maximum absolute atomic E-state index is 4.42. The van der Waals surface area contributed by atoms with E-state index in [0.717, 1.165) is 10.9 Å². The molecule has 17 heavy (non-hydrogen) atoms. The largest absolute Gasteiger partial charge is 0.271 e. The van der Waals surface area contributed by atoms with E-state index < -0.39 is 0 Å². The summed E-state index contributed by atoms with van der Waals surface area (Å²) < 4.78 is 0. The zero-order valence-electron chi connectivity index (χ0n) is 9.11. The summed E-state index contributed by atoms with van der Waals surface area (Å²) in [6.07, 6.45) is 7.32. The van der Waals surface area contributed by atoms with Gasteiger partial charge in [-0.05, 0) is 12.1 Å². The standard InChI is InChI=1S/C12H11N5/c1-2-5-11-10(4-1)8-14-12(15-11)16-17-7-3-6-13-9-17/h1-8H,9H2,(H,14,15,16). The van der Waals surface area contributed by atoms with Crippen molar-refractivity contribution < 1.29 is 0 Å². The van der Waals surface area contributed by atoms with Gasteiger partial charge in [0.1, 0.15) is 6.67 Å². The molecule has 0 radical (unpaired) electrons. The molecule has 1 aromatic carbocycles. The summed E-state index contributed by atoms with van der Waals surface area (Å²) in [6.45, 7) is 0.562. The fourth-order valence-electron chi connectivity index (χ4n) is 1.61. The minimum absolute atomic E-state index is 0.562. The predicted octanol–water partition coefficient (Wildman–Crippen LogP) is 1.81. The van der Waals surface area contributed by atoms with Gasteiger partial charge in [0.15, 0.2) is 0 Å². The average Bonchev–Trinajstić information content (AvgIpc) is 2.40. The highest BCUT2D eigenvalue weighted by molar-refractivity contribution is 5.78. The lowest BCUT2D eigenvalue weighted by atomic mass is 10.2. The fraction of sp³-hybridized carbons (Fsp3) is 0.0833. The Balaban J connectivity index is 1.85. The normalized spacial score (nSPS) is 14.2. The van der Waals surface area contributed by atoms with E-state index in [1.165, 1.54) is 0 Å². The summed E-state index contributed by atoms with van der Waals surface area (Å²) in [7, 11) is 0. The van der Waals surface area contributed by atoms with E-state index in [0.29, 0.717) is 12.6 Å². The highest BCUT2D eigenvalue weighted by Crippen LogP contribution is 2.12. The summed E-state index contributed by atoms with van der Waals surface area (Å²) in [5.41, 5.74) is 4.01. The lowest BCUT2D eigenvalue weighted by Gasteiger charge is -2.20. The molecule has 0 saturated carbocycles. The molecule has 84 valence electrons. The molecule has 1 aliphatic heterocycles. The number of rotatable bonds is 2. The van der Waals surface area contributed by atoms with Crippen LogP contribution in [0.5, 0.6) is 0 Å². The van der Waals surface area contributed by atoms with Crippen LogP contribution in [0.3, 0.4) is 0 Å². The van der Waals surface area contributed by atoms with Crippen molar-refractivity contribution in [1.82, 2.24) is 15.0 Å². The topological polar surface area (TPSA) is 53.4 Å². The average molecular weight is 225 g/mol. The van der Waals surface area contributed by atoms with Crippen molar-refractivity contribution in [2.24, 2.45) is 4.99 Å². The number of allylic oxidation sites excluding steroid dienone is 1. The van der Waals surface area contributed by atoms with Gasteiger partial charge in [-0.25, -0.2) is 9.97 Å². The molecule has 0 bridgehead atoms. The molecule has 1 aromatic heterocycles. The maximum atomic E-state index is 4.42. The second-order valence-corrected chi connectivity index (χ2v) is 3.65. The minimum Gasteiger partial charge on any atom is -0.271 e. The minimum atomic E-state index is 0.562. The number of anilines is 1. The Labute approximate surface area is 98.5 Å². The first-order valence-corrected chi connectivity index (χ1v) is 5.33. The third-order valence-corrected chi connectivity index (χ3v) is 2.42. The van der Waals surface area contributed by atoms with Crippen LogP contribution >= 0.6 is 0 Å². The second-order valence-electron chi connectivity index (χ2n) is 3.65. The highest BCUT2D eigenvalue weighted by atomic mass is 15.5. The number of hydrazine groups is 1. The third kappa shape index (κ3) is 2.08. The zero-order chi connectivity index (χ0) is 11.5. The Kier molecular flexibility index (Phi) is 2.42. The molecule has 2 heterocycles. The molecule has 2 aromatic rings. The van der Waals surface area contributed by atoms with Crippen LogP contribution in [0.4, 0.5) is 5.95 Å². The lowest BCUT2D eigenvalue weighted by molar-refractivity contribution is 0.456. The van der Waals surface area contributed by atoms with Crippen molar-refractivity contribution in [2.75, 3.05) is 12.1 Å². The molecule has 3 rings (SSSR count). The highest BCUT2D eigenvalue weighted by Gasteiger charge is 2.03. The summed E-state index contributed by atoms with van der Waals surface area (Å²) in [5, 5.41) is 2.86. The van der Waals surface area contributed by atoms with Gasteiger partial charge in [-0.1, -0.05) is 18.2 Å². The van der Waals surface area contributed by atoms with E-state index >= 15 is 0 Å². The number of aliphatic imine (C=N–C) groups is 1. The van der Waals surface area contributed by atoms with E-state index in [-0.39, 0.29) is 0 Å². The van der Waals surface area contributed by atoms with Crippen LogP contribution in [-0.2, 0) is 0 Å². The first kappa shape index (κ1) is 9.77. The number of para-hydroxylation sites is 1. The van der Waals surface area contributed by atoms with Crippen molar-refractivity contribution >= 4 is 23.1 Å². The first-order valence-electron chi connectivity index (χ1n) is 5.33. The van der Waals surface area contributed by atoms with Crippen LogP contribution in [0.25, 0.3) is 10.9 Å². The number of nitrogens with one attached hydrogen (secondary N) is 1. The molecule has 0 spiro atoms. The molecule has 0 unspecified atom stereocenters. The van der Waals surface area contributed by atoms with Gasteiger partial charge in [0, 0.05) is 24.0 Å². The van der Waals surface area contributed by atoms with Crippen molar-refractivity contribution in [3.05, 3.63) is 42.7 Å². The summed E-state index contributed by atoms with van der Waals surface area (Å²) in [6, 6.07) is 7.89. The van der Waals surface area contributed by atoms with Crippen LogP contribution in [0, 0.1) is 0 Å². The van der Waals surface area contributed by atoms with Gasteiger partial charge in [0.2, 0.25) is 5.95 Å². The van der Waals surface area contributed by atoms with Crippen LogP contribution in [0.1, 0.15) is 0 Å². The SMILES string of the molecule is C1=CN(Nc2ncc3ccccc3n2)CN=C1. The Bertz CT molecular complexity index is 590. The molecule has 0 saturated heterocycles. The molecule has 1 N–H and O–H groups in total. The van der Waals surface area contributed by atoms with Crippen LogP contribution in [0.2, 0.25) is 0 Å². The maximum Gasteiger partial charge on any atom is 0.242 e. The second kappa shape index (κ2) is 4.21. The third-order valence-electron chi connectivity index (χ3n) is 2.42. The van der Waals surface area contributed by atoms with Gasteiger partial charge in [-0.3, -0.25) is 15.4 Å². The van der Waals surface area contributed by atoms with E-state index in [4.69, 9.17) is 0 Å². The molecule has 5 nitrogen and oxygen atoms in total. The summed E-state index contributed by atoms with van der Waals surface area (Å²) >= 11 is 0. The molecular weight excluding hydrogens is 214 g/mol. The number of hydrogen-bond donors (Lipinski definition) is 1. The Morgan fingerprint density at radius 3 is 3.06 bits per heavy atom. The number of benzene rings is 1. The monoisotopic (exact) mass is 225 g/mol. The molecule has 0 amide bonds. The quantitative estimate of drug-likeness (QED) is 0.847. The number of fused-ring (bicyclic) bond motifs is 1. The zero-order valence-corrected chi connectivity index (χ0v) is 9.11. The molecular formula is C12H11N5. The van der Waals surface area contributed by atoms with E-state index in [2.05, 4.69) is 20.4 Å². The molecule has 0 aliphatic carbocycles. The van der Waals surface area contributed by atoms with Crippen molar-refractivity contribution in [3.8, 4) is 0 Å². The fourth-order valence-corrected chi connectivity index (χ4v) is 1.61. The predicted molar refractivity (Wildman–Crippen MR) is 67.5 cm³/mol. The van der Waals surface area contributed by atoms with Crippen molar-refractivity contribution in [3.63, 3.8) is 0 Å². The lowest BCUT2D eigenvalue weighted by Crippen LogP contribution is -2.27. The van der Waals surface area contributed by atoms with Gasteiger partial charge >= 0.3 is 0 Å². The summed E-state index contributed by atoms with van der Waals surface area (Å²) in [4.78, 5) is 12.8. The smallest absolute Gasteiger partial charge is 0.242 e. The summed E-state index contributed by atoms with van der Waals surface area (Å²) in [5.74, 6) is 0.574. The molecule has 0 atom stereocenters. The van der Waals surface area contributed by atoms with Gasteiger partial charge < -0.3 is 0 Å². The molecule has 1 aliphatic rings. The van der Waals surface area contributed by atoms with Gasteiger partial charge in [0.05, 0.1) is 5.52 Å². The van der Waals surface area contributed by atoms with Crippen LogP contribution < -0.4 is 5.43 Å².